The summed E-state index contributed by atoms with van der Waals surface area (Å²) >= 11 is 2.92. The van der Waals surface area contributed by atoms with Crippen molar-refractivity contribution in [3.8, 4) is 5.69 Å². The number of rotatable bonds is 4. The average molecular weight is 475 g/mol. The molecule has 2 aromatic carbocycles. The number of hydrogen-bond acceptors (Lipinski definition) is 6. The third kappa shape index (κ3) is 3.69. The Bertz CT molecular complexity index is 1640. The number of nitrogens with zero attached hydrogens (tertiary/aromatic N) is 3. The fraction of sp³-hybridized carbons (Fsp3) is 0.200. The van der Waals surface area contributed by atoms with Gasteiger partial charge in [-0.25, -0.2) is 9.97 Å². The average Bonchev–Trinajstić information content (AvgIpc) is 3.07. The lowest BCUT2D eigenvalue weighted by Crippen LogP contribution is -2.23. The lowest BCUT2D eigenvalue weighted by atomic mass is 10.1. The minimum absolute atomic E-state index is 0.109. The van der Waals surface area contributed by atoms with Crippen LogP contribution in [0.3, 0.4) is 0 Å². The molecule has 1 N–H and O–H groups in total. The molecule has 0 aliphatic rings. The normalized spacial score (nSPS) is 11.5. The number of H-pyrrole nitrogens is 1. The van der Waals surface area contributed by atoms with E-state index in [1.165, 1.54) is 23.1 Å². The quantitative estimate of drug-likeness (QED) is 0.286. The predicted octanol–water partition coefficient (Wildman–Crippen LogP) is 5.21. The summed E-state index contributed by atoms with van der Waals surface area (Å²) in [6, 6.07) is 13.3. The molecule has 0 unspecified atom stereocenters. The molecule has 8 heteroatoms. The fourth-order valence-corrected chi connectivity index (χ4v) is 5.98. The van der Waals surface area contributed by atoms with Crippen molar-refractivity contribution in [2.75, 3.05) is 0 Å². The molecule has 0 saturated carbocycles. The van der Waals surface area contributed by atoms with Gasteiger partial charge in [0.15, 0.2) is 5.16 Å². The van der Waals surface area contributed by atoms with Gasteiger partial charge in [-0.2, -0.15) is 0 Å². The number of aromatic amines is 1. The van der Waals surface area contributed by atoms with Crippen molar-refractivity contribution in [3.05, 3.63) is 90.6 Å². The van der Waals surface area contributed by atoms with Gasteiger partial charge in [0.05, 0.1) is 27.7 Å². The number of benzene rings is 2. The van der Waals surface area contributed by atoms with E-state index in [-0.39, 0.29) is 11.1 Å². The highest BCUT2D eigenvalue weighted by molar-refractivity contribution is 7.98. The van der Waals surface area contributed by atoms with Crippen LogP contribution in [-0.4, -0.2) is 19.5 Å². The van der Waals surface area contributed by atoms with Crippen LogP contribution in [0.1, 0.15) is 27.4 Å². The van der Waals surface area contributed by atoms with Gasteiger partial charge in [-0.3, -0.25) is 14.2 Å². The van der Waals surface area contributed by atoms with E-state index in [4.69, 9.17) is 4.98 Å². The van der Waals surface area contributed by atoms with Crippen molar-refractivity contribution in [1.29, 1.82) is 0 Å². The number of aryl methyl sites for hydroxylation is 4. The Morgan fingerprint density at radius 2 is 1.70 bits per heavy atom. The molecule has 0 spiro atoms. The van der Waals surface area contributed by atoms with Gasteiger partial charge in [-0.15, -0.1) is 11.3 Å². The van der Waals surface area contributed by atoms with E-state index in [0.717, 1.165) is 32.1 Å². The molecule has 0 amide bonds. The van der Waals surface area contributed by atoms with Crippen molar-refractivity contribution in [2.24, 2.45) is 0 Å². The predicted molar refractivity (Wildman–Crippen MR) is 136 cm³/mol. The molecule has 3 heterocycles. The van der Waals surface area contributed by atoms with E-state index in [9.17, 15) is 9.59 Å². The van der Waals surface area contributed by atoms with Crippen LogP contribution in [0, 0.1) is 27.7 Å². The molecular weight excluding hydrogens is 452 g/mol. The molecule has 0 bridgehead atoms. The Morgan fingerprint density at radius 1 is 0.970 bits per heavy atom. The zero-order valence-electron chi connectivity index (χ0n) is 18.7. The molecule has 0 aliphatic carbocycles. The summed E-state index contributed by atoms with van der Waals surface area (Å²) in [7, 11) is 0. The number of fused-ring (bicyclic) bond motifs is 2. The van der Waals surface area contributed by atoms with Gasteiger partial charge in [0.1, 0.15) is 10.7 Å². The molecule has 0 saturated heterocycles. The number of thioether (sulfide) groups is 1. The zero-order valence-corrected chi connectivity index (χ0v) is 20.4. The van der Waals surface area contributed by atoms with Crippen LogP contribution in [-0.2, 0) is 5.75 Å². The Hall–Kier alpha value is -3.23. The first-order chi connectivity index (χ1) is 15.8. The molecule has 6 nitrogen and oxygen atoms in total. The van der Waals surface area contributed by atoms with Gasteiger partial charge in [-0.1, -0.05) is 42.1 Å². The molecule has 33 heavy (non-hydrogen) atoms. The van der Waals surface area contributed by atoms with E-state index in [1.807, 2.05) is 64.1 Å². The summed E-state index contributed by atoms with van der Waals surface area (Å²) in [5.41, 5.74) is 4.21. The highest BCUT2D eigenvalue weighted by atomic mass is 32.2. The summed E-state index contributed by atoms with van der Waals surface area (Å²) < 4.78 is 1.69. The first-order valence-corrected chi connectivity index (χ1v) is 12.4. The van der Waals surface area contributed by atoms with Crippen molar-refractivity contribution < 1.29 is 0 Å². The van der Waals surface area contributed by atoms with E-state index >= 15 is 0 Å². The minimum atomic E-state index is -0.129. The van der Waals surface area contributed by atoms with Crippen molar-refractivity contribution in [2.45, 2.75) is 38.6 Å². The molecule has 166 valence electrons. The van der Waals surface area contributed by atoms with Gasteiger partial charge in [0.2, 0.25) is 0 Å². The van der Waals surface area contributed by atoms with Crippen LogP contribution in [0.15, 0.2) is 57.2 Å². The van der Waals surface area contributed by atoms with Crippen LogP contribution in [0.5, 0.6) is 0 Å². The second kappa shape index (κ2) is 8.28. The standard InChI is InChI=1S/C25H22N4O2S2/c1-13-8-7-9-14(2)21(13)29-24(31)17-10-5-6-11-18(17)26-25(29)32-12-19-27-22(30)20-15(3)16(4)33-23(20)28-19/h5-11H,12H2,1-4H3,(H,27,28,30). The van der Waals surface area contributed by atoms with Crippen molar-refractivity contribution in [1.82, 2.24) is 19.5 Å². The van der Waals surface area contributed by atoms with Crippen LogP contribution in [0.25, 0.3) is 26.8 Å². The third-order valence-electron chi connectivity index (χ3n) is 5.83. The number of para-hydroxylation sites is 2. The number of aromatic nitrogens is 4. The van der Waals surface area contributed by atoms with Crippen LogP contribution in [0.2, 0.25) is 0 Å². The SMILES string of the molecule is Cc1cccc(C)c1-n1c(SCc2nc3sc(C)c(C)c3c(=O)[nH]2)nc2ccccc2c1=O. The van der Waals surface area contributed by atoms with Crippen LogP contribution in [0.4, 0.5) is 0 Å². The monoisotopic (exact) mass is 474 g/mol. The lowest BCUT2D eigenvalue weighted by Gasteiger charge is -2.17. The maximum absolute atomic E-state index is 13.6. The first-order valence-electron chi connectivity index (χ1n) is 10.5. The Labute approximate surface area is 198 Å². The molecule has 0 radical (unpaired) electrons. The second-order valence-electron chi connectivity index (χ2n) is 8.06. The number of hydrogen-bond donors (Lipinski definition) is 1. The van der Waals surface area contributed by atoms with Gasteiger partial charge in [-0.05, 0) is 56.5 Å². The van der Waals surface area contributed by atoms with Crippen molar-refractivity contribution >= 4 is 44.2 Å². The molecule has 5 rings (SSSR count). The Morgan fingerprint density at radius 3 is 2.45 bits per heavy atom. The van der Waals surface area contributed by atoms with E-state index < -0.39 is 0 Å². The molecule has 0 aliphatic heterocycles. The molecule has 0 atom stereocenters. The zero-order chi connectivity index (χ0) is 23.3. The Kier molecular flexibility index (Phi) is 5.42. The highest BCUT2D eigenvalue weighted by Crippen LogP contribution is 2.29. The van der Waals surface area contributed by atoms with Gasteiger partial charge in [0.25, 0.3) is 11.1 Å². The molecule has 5 aromatic rings. The summed E-state index contributed by atoms with van der Waals surface area (Å²) in [6.07, 6.45) is 0. The smallest absolute Gasteiger partial charge is 0.266 e. The van der Waals surface area contributed by atoms with Gasteiger partial charge in [0, 0.05) is 4.88 Å². The Balaban J connectivity index is 1.65. The number of nitrogens with one attached hydrogen (secondary N) is 1. The fourth-order valence-electron chi connectivity index (χ4n) is 4.07. The van der Waals surface area contributed by atoms with E-state index in [1.54, 1.807) is 10.6 Å². The summed E-state index contributed by atoms with van der Waals surface area (Å²) in [4.78, 5) is 40.5. The van der Waals surface area contributed by atoms with Gasteiger partial charge < -0.3 is 4.98 Å². The highest BCUT2D eigenvalue weighted by Gasteiger charge is 2.18. The molecule has 3 aromatic heterocycles. The summed E-state index contributed by atoms with van der Waals surface area (Å²) in [5, 5.41) is 1.79. The minimum Gasteiger partial charge on any atom is -0.309 e. The number of thiophene rings is 1. The maximum Gasteiger partial charge on any atom is 0.266 e. The second-order valence-corrected chi connectivity index (χ2v) is 10.2. The van der Waals surface area contributed by atoms with E-state index in [0.29, 0.717) is 33.0 Å². The summed E-state index contributed by atoms with van der Waals surface area (Å²) in [5.74, 6) is 0.950. The van der Waals surface area contributed by atoms with Gasteiger partial charge >= 0.3 is 0 Å². The maximum atomic E-state index is 13.6. The van der Waals surface area contributed by atoms with Crippen LogP contribution < -0.4 is 11.1 Å². The van der Waals surface area contributed by atoms with Crippen LogP contribution >= 0.6 is 23.1 Å². The molecular formula is C25H22N4O2S2. The summed E-state index contributed by atoms with van der Waals surface area (Å²) in [6.45, 7) is 7.93. The lowest BCUT2D eigenvalue weighted by molar-refractivity contribution is 0.807. The molecule has 0 fully saturated rings. The van der Waals surface area contributed by atoms with E-state index in [2.05, 4.69) is 9.97 Å². The largest absolute Gasteiger partial charge is 0.309 e. The third-order valence-corrected chi connectivity index (χ3v) is 7.89. The van der Waals surface area contributed by atoms with Crippen molar-refractivity contribution in [3.63, 3.8) is 0 Å². The first kappa shape index (κ1) is 21.6. The topological polar surface area (TPSA) is 80.6 Å².